The first kappa shape index (κ1) is 9.35. The van der Waals surface area contributed by atoms with Gasteiger partial charge < -0.3 is 5.11 Å². The fourth-order valence-electron chi connectivity index (χ4n) is 0.765. The summed E-state index contributed by atoms with van der Waals surface area (Å²) in [5, 5.41) is 8.76. The van der Waals surface area contributed by atoms with Gasteiger partial charge in [-0.05, 0) is 12.1 Å². The molecule has 5 heteroatoms. The summed E-state index contributed by atoms with van der Waals surface area (Å²) in [7, 11) is 0. The molecule has 0 aliphatic carbocycles. The van der Waals surface area contributed by atoms with E-state index in [2.05, 4.69) is 4.98 Å². The molecule has 1 heterocycles. The molecule has 0 amide bonds. The summed E-state index contributed by atoms with van der Waals surface area (Å²) in [5.41, 5.74) is -0.260. The highest BCUT2D eigenvalue weighted by Crippen LogP contribution is 2.20. The Morgan fingerprint density at radius 2 is 2.17 bits per heavy atom. The van der Waals surface area contributed by atoms with Crippen molar-refractivity contribution in [3.05, 3.63) is 28.5 Å². The van der Waals surface area contributed by atoms with Crippen LogP contribution in [0.1, 0.15) is 17.8 Å². The molecule has 12 heavy (non-hydrogen) atoms. The molecular formula is C7H6ClF2NO. The third-order valence-corrected chi connectivity index (χ3v) is 1.47. The van der Waals surface area contributed by atoms with Crippen LogP contribution in [0.25, 0.3) is 0 Å². The van der Waals surface area contributed by atoms with Crippen LogP contribution in [0.5, 0.6) is 0 Å². The van der Waals surface area contributed by atoms with Crippen LogP contribution >= 0.6 is 11.6 Å². The summed E-state index contributed by atoms with van der Waals surface area (Å²) in [6.45, 7) is -0.389. The maximum atomic E-state index is 12.1. The molecule has 2 nitrogen and oxygen atoms in total. The second kappa shape index (κ2) is 3.78. The van der Waals surface area contributed by atoms with Gasteiger partial charge in [0.05, 0.1) is 12.3 Å². The molecule has 0 bridgehead atoms. The van der Waals surface area contributed by atoms with E-state index in [1.807, 2.05) is 0 Å². The molecule has 1 rings (SSSR count). The highest BCUT2D eigenvalue weighted by atomic mass is 35.5. The summed E-state index contributed by atoms with van der Waals surface area (Å²) in [6, 6.07) is 2.42. The number of nitrogens with zero attached hydrogens (tertiary/aromatic N) is 1. The number of alkyl halides is 2. The van der Waals surface area contributed by atoms with Gasteiger partial charge in [-0.1, -0.05) is 11.6 Å². The van der Waals surface area contributed by atoms with Gasteiger partial charge in [0.25, 0.3) is 6.43 Å². The monoisotopic (exact) mass is 193 g/mol. The van der Waals surface area contributed by atoms with Gasteiger partial charge >= 0.3 is 0 Å². The van der Waals surface area contributed by atoms with Crippen LogP contribution in [0.4, 0.5) is 8.78 Å². The van der Waals surface area contributed by atoms with Crippen LogP contribution in [0, 0.1) is 0 Å². The van der Waals surface area contributed by atoms with Crippen molar-refractivity contribution in [3.8, 4) is 0 Å². The molecule has 0 fully saturated rings. The van der Waals surface area contributed by atoms with Gasteiger partial charge in [0.2, 0.25) is 0 Å². The van der Waals surface area contributed by atoms with E-state index in [0.717, 1.165) is 6.07 Å². The van der Waals surface area contributed by atoms with E-state index in [9.17, 15) is 8.78 Å². The largest absolute Gasteiger partial charge is 0.390 e. The Bertz CT molecular complexity index is 280. The minimum atomic E-state index is -2.66. The Balaban J connectivity index is 3.06. The van der Waals surface area contributed by atoms with Gasteiger partial charge in [0, 0.05) is 5.02 Å². The number of halogens is 3. The van der Waals surface area contributed by atoms with Gasteiger partial charge in [-0.15, -0.1) is 0 Å². The maximum Gasteiger partial charge on any atom is 0.280 e. The number of hydrogen-bond donors (Lipinski definition) is 1. The summed E-state index contributed by atoms with van der Waals surface area (Å²) in [5.74, 6) is 0. The van der Waals surface area contributed by atoms with E-state index in [-0.39, 0.29) is 17.3 Å². The second-order valence-corrected chi connectivity index (χ2v) is 2.60. The van der Waals surface area contributed by atoms with Gasteiger partial charge in [0.1, 0.15) is 5.69 Å². The number of aliphatic hydroxyl groups excluding tert-OH is 1. The minimum absolute atomic E-state index is 0.151. The smallest absolute Gasteiger partial charge is 0.280 e. The Morgan fingerprint density at radius 3 is 2.67 bits per heavy atom. The molecule has 0 aliphatic heterocycles. The van der Waals surface area contributed by atoms with Crippen LogP contribution in [-0.4, -0.2) is 10.1 Å². The summed E-state index contributed by atoms with van der Waals surface area (Å²) < 4.78 is 24.1. The topological polar surface area (TPSA) is 33.1 Å². The van der Waals surface area contributed by atoms with Crippen LogP contribution < -0.4 is 0 Å². The Labute approximate surface area is 72.8 Å². The number of aromatic nitrogens is 1. The highest BCUT2D eigenvalue weighted by Gasteiger charge is 2.10. The zero-order valence-corrected chi connectivity index (χ0v) is 6.72. The standard InChI is InChI=1S/C7H6ClF2NO/c8-4-1-5(3-12)11-6(2-4)7(9)10/h1-2,7,12H,3H2. The zero-order chi connectivity index (χ0) is 9.14. The molecular weight excluding hydrogens is 188 g/mol. The van der Waals surface area contributed by atoms with E-state index < -0.39 is 12.1 Å². The van der Waals surface area contributed by atoms with Crippen LogP contribution in [0.3, 0.4) is 0 Å². The lowest BCUT2D eigenvalue weighted by molar-refractivity contribution is 0.145. The fourth-order valence-corrected chi connectivity index (χ4v) is 1.00. The van der Waals surface area contributed by atoms with Crippen molar-refractivity contribution in [2.45, 2.75) is 13.0 Å². The third kappa shape index (κ3) is 2.12. The van der Waals surface area contributed by atoms with Crippen molar-refractivity contribution in [3.63, 3.8) is 0 Å². The number of hydrogen-bond acceptors (Lipinski definition) is 2. The Hall–Kier alpha value is -0.740. The van der Waals surface area contributed by atoms with Crippen molar-refractivity contribution in [2.75, 3.05) is 0 Å². The molecule has 0 atom stereocenters. The molecule has 1 aromatic rings. The average Bonchev–Trinajstić information content (AvgIpc) is 2.03. The highest BCUT2D eigenvalue weighted by molar-refractivity contribution is 6.30. The molecule has 0 unspecified atom stereocenters. The first-order chi connectivity index (χ1) is 5.63. The number of rotatable bonds is 2. The number of pyridine rings is 1. The molecule has 0 radical (unpaired) electrons. The lowest BCUT2D eigenvalue weighted by Crippen LogP contribution is -1.95. The fraction of sp³-hybridized carbons (Fsp3) is 0.286. The van der Waals surface area contributed by atoms with Crippen LogP contribution in [0.2, 0.25) is 5.02 Å². The van der Waals surface area contributed by atoms with Crippen molar-refractivity contribution in [2.24, 2.45) is 0 Å². The van der Waals surface area contributed by atoms with Crippen molar-refractivity contribution < 1.29 is 13.9 Å². The second-order valence-electron chi connectivity index (χ2n) is 2.16. The molecule has 0 aliphatic rings. The molecule has 0 saturated carbocycles. The van der Waals surface area contributed by atoms with Crippen LogP contribution in [0.15, 0.2) is 12.1 Å². The molecule has 1 N–H and O–H groups in total. The van der Waals surface area contributed by atoms with E-state index in [1.54, 1.807) is 0 Å². The SMILES string of the molecule is OCc1cc(Cl)cc(C(F)F)n1. The summed E-state index contributed by atoms with van der Waals surface area (Å²) >= 11 is 5.49. The minimum Gasteiger partial charge on any atom is -0.390 e. The first-order valence-corrected chi connectivity index (χ1v) is 3.56. The van der Waals surface area contributed by atoms with Crippen molar-refractivity contribution in [1.29, 1.82) is 0 Å². The van der Waals surface area contributed by atoms with E-state index in [0.29, 0.717) is 0 Å². The van der Waals surface area contributed by atoms with E-state index in [4.69, 9.17) is 16.7 Å². The molecule has 0 spiro atoms. The van der Waals surface area contributed by atoms with Gasteiger partial charge in [-0.2, -0.15) is 0 Å². The third-order valence-electron chi connectivity index (χ3n) is 1.25. The molecule has 0 aromatic carbocycles. The maximum absolute atomic E-state index is 12.1. The average molecular weight is 194 g/mol. The van der Waals surface area contributed by atoms with Gasteiger partial charge in [-0.25, -0.2) is 13.8 Å². The van der Waals surface area contributed by atoms with E-state index >= 15 is 0 Å². The van der Waals surface area contributed by atoms with Gasteiger partial charge in [-0.3, -0.25) is 0 Å². The first-order valence-electron chi connectivity index (χ1n) is 3.19. The van der Waals surface area contributed by atoms with E-state index in [1.165, 1.54) is 6.07 Å². The van der Waals surface area contributed by atoms with Crippen molar-refractivity contribution in [1.82, 2.24) is 4.98 Å². The molecule has 0 saturated heterocycles. The Kier molecular flexibility index (Phi) is 2.94. The Morgan fingerprint density at radius 1 is 1.50 bits per heavy atom. The summed E-state index contributed by atoms with van der Waals surface area (Å²) in [4.78, 5) is 3.47. The predicted octanol–water partition coefficient (Wildman–Crippen LogP) is 2.16. The normalized spacial score (nSPS) is 10.8. The lowest BCUT2D eigenvalue weighted by atomic mass is 10.3. The molecule has 1 aromatic heterocycles. The number of aliphatic hydroxyl groups is 1. The summed E-state index contributed by atoms with van der Waals surface area (Å²) in [6.07, 6.45) is -2.66. The lowest BCUT2D eigenvalue weighted by Gasteiger charge is -2.01. The molecule has 66 valence electrons. The van der Waals surface area contributed by atoms with Crippen molar-refractivity contribution >= 4 is 11.6 Å². The predicted molar refractivity (Wildman–Crippen MR) is 40.1 cm³/mol. The zero-order valence-electron chi connectivity index (χ0n) is 5.97. The van der Waals surface area contributed by atoms with Gasteiger partial charge in [0.15, 0.2) is 0 Å². The van der Waals surface area contributed by atoms with Crippen LogP contribution in [-0.2, 0) is 6.61 Å². The quantitative estimate of drug-likeness (QED) is 0.781.